The molecule has 2 amide bonds. The second-order valence-corrected chi connectivity index (χ2v) is 6.62. The maximum atomic E-state index is 11.8. The number of urea groups is 1. The first-order valence-electron chi connectivity index (χ1n) is 5.84. The normalized spacial score (nSPS) is 10.5. The van der Waals surface area contributed by atoms with Gasteiger partial charge in [-0.15, -0.1) is 11.3 Å². The lowest BCUT2D eigenvalue weighted by Crippen LogP contribution is -2.19. The van der Waals surface area contributed by atoms with Crippen molar-refractivity contribution < 1.29 is 4.79 Å². The maximum Gasteiger partial charge on any atom is 0.325 e. The quantitative estimate of drug-likeness (QED) is 0.762. The first kappa shape index (κ1) is 14.3. The van der Waals surface area contributed by atoms with E-state index in [1.807, 2.05) is 24.3 Å². The summed E-state index contributed by atoms with van der Waals surface area (Å²) in [4.78, 5) is 17.2. The summed E-state index contributed by atoms with van der Waals surface area (Å²) >= 11 is 3.70. The second-order valence-electron chi connectivity index (χ2n) is 4.31. The van der Waals surface area contributed by atoms with Gasteiger partial charge < -0.3 is 5.32 Å². The Kier molecular flexibility index (Phi) is 4.76. The Bertz CT molecular complexity index is 583. The molecule has 100 valence electrons. The molecule has 0 fully saturated rings. The molecule has 6 heteroatoms. The Morgan fingerprint density at radius 1 is 1.37 bits per heavy atom. The number of amides is 2. The molecule has 1 heterocycles. The van der Waals surface area contributed by atoms with Crippen molar-refractivity contribution in [2.75, 3.05) is 10.6 Å². The van der Waals surface area contributed by atoms with Crippen LogP contribution >= 0.6 is 33.9 Å². The van der Waals surface area contributed by atoms with Gasteiger partial charge in [0.15, 0.2) is 5.13 Å². The number of carbonyl (C=O) groups is 1. The van der Waals surface area contributed by atoms with E-state index in [1.165, 1.54) is 11.3 Å². The summed E-state index contributed by atoms with van der Waals surface area (Å²) in [6, 6.07) is 7.36. The number of carbonyl (C=O) groups excluding carboxylic acids is 1. The summed E-state index contributed by atoms with van der Waals surface area (Å²) in [5.74, 6) is 0.423. The summed E-state index contributed by atoms with van der Waals surface area (Å²) in [7, 11) is 0. The van der Waals surface area contributed by atoms with Crippen LogP contribution < -0.4 is 10.6 Å². The van der Waals surface area contributed by atoms with Crippen LogP contribution in [0.5, 0.6) is 0 Å². The molecule has 0 radical (unpaired) electrons. The first-order chi connectivity index (χ1) is 9.04. The molecule has 2 rings (SSSR count). The van der Waals surface area contributed by atoms with Gasteiger partial charge in [0.2, 0.25) is 0 Å². The predicted molar refractivity (Wildman–Crippen MR) is 88.0 cm³/mol. The zero-order valence-corrected chi connectivity index (χ0v) is 13.6. The standard InChI is InChI=1S/C13H14IN3OS/c1-8(2)11-7-15-13(19-11)17-12(18)16-10-5-3-4-9(14)6-10/h3-8H,1-2H3,(H2,15,16,17,18). The Morgan fingerprint density at radius 3 is 2.79 bits per heavy atom. The molecular weight excluding hydrogens is 373 g/mol. The lowest BCUT2D eigenvalue weighted by molar-refractivity contribution is 0.262. The monoisotopic (exact) mass is 387 g/mol. The van der Waals surface area contributed by atoms with Crippen LogP contribution in [0.4, 0.5) is 15.6 Å². The highest BCUT2D eigenvalue weighted by Crippen LogP contribution is 2.25. The number of aromatic nitrogens is 1. The largest absolute Gasteiger partial charge is 0.325 e. The number of nitrogens with one attached hydrogen (secondary N) is 2. The number of hydrogen-bond donors (Lipinski definition) is 2. The van der Waals surface area contributed by atoms with Crippen LogP contribution in [-0.2, 0) is 0 Å². The Balaban J connectivity index is 1.97. The number of halogens is 1. The lowest BCUT2D eigenvalue weighted by Gasteiger charge is -2.05. The van der Waals surface area contributed by atoms with Crippen molar-refractivity contribution >= 4 is 50.8 Å². The maximum absolute atomic E-state index is 11.8. The molecule has 0 saturated heterocycles. The van der Waals surface area contributed by atoms with E-state index in [-0.39, 0.29) is 6.03 Å². The molecule has 0 saturated carbocycles. The molecular formula is C13H14IN3OS. The molecule has 0 bridgehead atoms. The van der Waals surface area contributed by atoms with Gasteiger partial charge in [-0.25, -0.2) is 9.78 Å². The minimum absolute atomic E-state index is 0.272. The molecule has 2 N–H and O–H groups in total. The third kappa shape index (κ3) is 4.17. The van der Waals surface area contributed by atoms with Crippen LogP contribution in [0.2, 0.25) is 0 Å². The number of thiazole rings is 1. The van der Waals surface area contributed by atoms with Crippen molar-refractivity contribution in [3.63, 3.8) is 0 Å². The molecule has 1 aromatic carbocycles. The van der Waals surface area contributed by atoms with Crippen molar-refractivity contribution in [1.82, 2.24) is 4.98 Å². The van der Waals surface area contributed by atoms with E-state index in [4.69, 9.17) is 0 Å². The zero-order chi connectivity index (χ0) is 13.8. The number of rotatable bonds is 3. The molecule has 0 aliphatic heterocycles. The van der Waals surface area contributed by atoms with E-state index in [9.17, 15) is 4.79 Å². The fourth-order valence-corrected chi connectivity index (χ4v) is 2.79. The Labute approximate surface area is 129 Å². The average Bonchev–Trinajstić information content (AvgIpc) is 2.77. The number of nitrogens with zero attached hydrogens (tertiary/aromatic N) is 1. The Morgan fingerprint density at radius 2 is 2.16 bits per heavy atom. The van der Waals surface area contributed by atoms with E-state index in [1.54, 1.807) is 6.20 Å². The summed E-state index contributed by atoms with van der Waals surface area (Å²) in [5.41, 5.74) is 0.769. The van der Waals surface area contributed by atoms with Gasteiger partial charge in [0, 0.05) is 20.3 Å². The number of anilines is 2. The highest BCUT2D eigenvalue weighted by Gasteiger charge is 2.08. The molecule has 1 aromatic heterocycles. The molecule has 19 heavy (non-hydrogen) atoms. The van der Waals surface area contributed by atoms with Crippen molar-refractivity contribution in [2.45, 2.75) is 19.8 Å². The smallest absolute Gasteiger partial charge is 0.308 e. The molecule has 4 nitrogen and oxygen atoms in total. The average molecular weight is 387 g/mol. The van der Waals surface area contributed by atoms with Gasteiger partial charge in [-0.3, -0.25) is 5.32 Å². The van der Waals surface area contributed by atoms with Gasteiger partial charge in [-0.1, -0.05) is 19.9 Å². The summed E-state index contributed by atoms with van der Waals surface area (Å²) in [5, 5.41) is 6.14. The van der Waals surface area contributed by atoms with Gasteiger partial charge in [0.25, 0.3) is 0 Å². The van der Waals surface area contributed by atoms with Crippen LogP contribution in [0.25, 0.3) is 0 Å². The predicted octanol–water partition coefficient (Wildman–Crippen LogP) is 4.52. The summed E-state index contributed by atoms with van der Waals surface area (Å²) in [6.07, 6.45) is 1.80. The van der Waals surface area contributed by atoms with Gasteiger partial charge in [-0.2, -0.15) is 0 Å². The first-order valence-corrected chi connectivity index (χ1v) is 7.73. The molecule has 0 aliphatic carbocycles. The lowest BCUT2D eigenvalue weighted by atomic mass is 10.2. The van der Waals surface area contributed by atoms with Crippen molar-refractivity contribution in [3.05, 3.63) is 38.9 Å². The van der Waals surface area contributed by atoms with Gasteiger partial charge in [0.05, 0.1) is 0 Å². The van der Waals surface area contributed by atoms with Crippen molar-refractivity contribution in [1.29, 1.82) is 0 Å². The molecule has 0 aliphatic rings. The van der Waals surface area contributed by atoms with E-state index in [0.29, 0.717) is 11.0 Å². The molecule has 0 unspecified atom stereocenters. The minimum atomic E-state index is -0.272. The topological polar surface area (TPSA) is 54.0 Å². The van der Waals surface area contributed by atoms with E-state index in [2.05, 4.69) is 52.1 Å². The fraction of sp³-hybridized carbons (Fsp3) is 0.231. The van der Waals surface area contributed by atoms with E-state index in [0.717, 1.165) is 14.1 Å². The highest BCUT2D eigenvalue weighted by atomic mass is 127. The van der Waals surface area contributed by atoms with E-state index >= 15 is 0 Å². The zero-order valence-electron chi connectivity index (χ0n) is 10.6. The Hall–Kier alpha value is -1.15. The van der Waals surface area contributed by atoms with Crippen LogP contribution in [-0.4, -0.2) is 11.0 Å². The van der Waals surface area contributed by atoms with Gasteiger partial charge in [0.1, 0.15) is 0 Å². The summed E-state index contributed by atoms with van der Waals surface area (Å²) in [6.45, 7) is 4.20. The molecule has 2 aromatic rings. The molecule has 0 atom stereocenters. The number of hydrogen-bond acceptors (Lipinski definition) is 3. The third-order valence-corrected chi connectivity index (χ3v) is 4.28. The molecule has 0 spiro atoms. The third-order valence-electron chi connectivity index (χ3n) is 2.40. The SMILES string of the molecule is CC(C)c1cnc(NC(=O)Nc2cccc(I)c2)s1. The van der Waals surface area contributed by atoms with Crippen LogP contribution in [0, 0.1) is 3.57 Å². The van der Waals surface area contributed by atoms with Crippen molar-refractivity contribution in [2.24, 2.45) is 0 Å². The van der Waals surface area contributed by atoms with Gasteiger partial charge >= 0.3 is 6.03 Å². The minimum Gasteiger partial charge on any atom is -0.308 e. The van der Waals surface area contributed by atoms with Crippen LogP contribution in [0.1, 0.15) is 24.6 Å². The van der Waals surface area contributed by atoms with Crippen molar-refractivity contribution in [3.8, 4) is 0 Å². The number of benzene rings is 1. The van der Waals surface area contributed by atoms with Gasteiger partial charge in [-0.05, 0) is 46.7 Å². The van der Waals surface area contributed by atoms with Crippen LogP contribution in [0.15, 0.2) is 30.5 Å². The summed E-state index contributed by atoms with van der Waals surface area (Å²) < 4.78 is 1.08. The van der Waals surface area contributed by atoms with Crippen LogP contribution in [0.3, 0.4) is 0 Å². The van der Waals surface area contributed by atoms with E-state index < -0.39 is 0 Å². The highest BCUT2D eigenvalue weighted by molar-refractivity contribution is 14.1. The fourth-order valence-electron chi connectivity index (χ4n) is 1.44. The second kappa shape index (κ2) is 6.33.